The van der Waals surface area contributed by atoms with Crippen LogP contribution in [0.5, 0.6) is 0 Å². The molecule has 0 aliphatic rings. The standard InChI is InChI=1S/C16H15NO2S/c1-12-5-7-14(8-6-12)17-16(19)15-13(9-11-20-15)4-2-3-10-18/h5-9,11,18H,3,10H2,1H3,(H,17,19). The lowest BCUT2D eigenvalue weighted by atomic mass is 10.2. The number of thiophene rings is 1. The number of anilines is 1. The fourth-order valence-electron chi connectivity index (χ4n) is 1.62. The van der Waals surface area contributed by atoms with E-state index in [1.165, 1.54) is 11.3 Å². The molecule has 1 amide bonds. The number of nitrogens with one attached hydrogen (secondary N) is 1. The van der Waals surface area contributed by atoms with Crippen LogP contribution in [0.4, 0.5) is 5.69 Å². The molecule has 2 rings (SSSR count). The van der Waals surface area contributed by atoms with Crippen LogP contribution in [-0.4, -0.2) is 17.6 Å². The van der Waals surface area contributed by atoms with Crippen LogP contribution in [0, 0.1) is 18.8 Å². The quantitative estimate of drug-likeness (QED) is 0.852. The molecule has 0 aliphatic carbocycles. The largest absolute Gasteiger partial charge is 0.395 e. The highest BCUT2D eigenvalue weighted by molar-refractivity contribution is 7.12. The number of rotatable bonds is 3. The summed E-state index contributed by atoms with van der Waals surface area (Å²) in [5.74, 6) is 5.58. The zero-order valence-electron chi connectivity index (χ0n) is 11.1. The summed E-state index contributed by atoms with van der Waals surface area (Å²) in [5.41, 5.74) is 2.62. The number of aliphatic hydroxyl groups is 1. The summed E-state index contributed by atoms with van der Waals surface area (Å²) in [6.45, 7) is 2.03. The van der Waals surface area contributed by atoms with Gasteiger partial charge in [0, 0.05) is 17.7 Å². The van der Waals surface area contributed by atoms with Gasteiger partial charge in [0.25, 0.3) is 5.91 Å². The van der Waals surface area contributed by atoms with E-state index in [1.807, 2.05) is 42.6 Å². The Hall–Kier alpha value is -2.09. The van der Waals surface area contributed by atoms with E-state index < -0.39 is 0 Å². The topological polar surface area (TPSA) is 49.3 Å². The molecule has 0 aliphatic heterocycles. The van der Waals surface area contributed by atoms with Crippen molar-refractivity contribution in [3.8, 4) is 11.8 Å². The summed E-state index contributed by atoms with van der Waals surface area (Å²) >= 11 is 1.36. The SMILES string of the molecule is Cc1ccc(NC(=O)c2sccc2C#CCCO)cc1. The summed E-state index contributed by atoms with van der Waals surface area (Å²) in [6, 6.07) is 9.47. The van der Waals surface area contributed by atoms with Gasteiger partial charge in [-0.1, -0.05) is 29.5 Å². The Morgan fingerprint density at radius 1 is 1.30 bits per heavy atom. The summed E-state index contributed by atoms with van der Waals surface area (Å²) in [5, 5.41) is 13.4. The Balaban J connectivity index is 2.12. The maximum absolute atomic E-state index is 12.2. The molecule has 0 saturated heterocycles. The molecule has 1 heterocycles. The lowest BCUT2D eigenvalue weighted by Crippen LogP contribution is -2.11. The minimum Gasteiger partial charge on any atom is -0.395 e. The van der Waals surface area contributed by atoms with Gasteiger partial charge < -0.3 is 10.4 Å². The van der Waals surface area contributed by atoms with E-state index in [-0.39, 0.29) is 12.5 Å². The smallest absolute Gasteiger partial charge is 0.267 e. The number of carbonyl (C=O) groups excluding carboxylic acids is 1. The highest BCUT2D eigenvalue weighted by Gasteiger charge is 2.11. The number of hydrogen-bond acceptors (Lipinski definition) is 3. The number of amides is 1. The fourth-order valence-corrected chi connectivity index (χ4v) is 2.37. The highest BCUT2D eigenvalue weighted by Crippen LogP contribution is 2.18. The van der Waals surface area contributed by atoms with Gasteiger partial charge in [-0.2, -0.15) is 0 Å². The predicted molar refractivity (Wildman–Crippen MR) is 82.0 cm³/mol. The highest BCUT2D eigenvalue weighted by atomic mass is 32.1. The first-order chi connectivity index (χ1) is 9.70. The van der Waals surface area contributed by atoms with E-state index in [2.05, 4.69) is 17.2 Å². The molecule has 0 fully saturated rings. The molecule has 1 aromatic heterocycles. The number of aryl methyl sites for hydroxylation is 1. The van der Waals surface area contributed by atoms with E-state index in [1.54, 1.807) is 0 Å². The molecule has 2 N–H and O–H groups in total. The molecule has 0 radical (unpaired) electrons. The van der Waals surface area contributed by atoms with Crippen LogP contribution < -0.4 is 5.32 Å². The second kappa shape index (κ2) is 6.90. The van der Waals surface area contributed by atoms with Crippen molar-refractivity contribution in [2.75, 3.05) is 11.9 Å². The van der Waals surface area contributed by atoms with Crippen molar-refractivity contribution in [1.82, 2.24) is 0 Å². The maximum atomic E-state index is 12.2. The normalized spacial score (nSPS) is 9.70. The Morgan fingerprint density at radius 3 is 2.75 bits per heavy atom. The molecule has 0 unspecified atom stereocenters. The van der Waals surface area contributed by atoms with Crippen molar-refractivity contribution in [2.24, 2.45) is 0 Å². The lowest BCUT2D eigenvalue weighted by Gasteiger charge is -2.04. The molecule has 20 heavy (non-hydrogen) atoms. The zero-order chi connectivity index (χ0) is 14.4. The molecule has 0 atom stereocenters. The summed E-state index contributed by atoms with van der Waals surface area (Å²) in [7, 11) is 0. The van der Waals surface area contributed by atoms with E-state index in [0.717, 1.165) is 11.3 Å². The Morgan fingerprint density at radius 2 is 2.05 bits per heavy atom. The van der Waals surface area contributed by atoms with Gasteiger partial charge in [0.1, 0.15) is 4.88 Å². The van der Waals surface area contributed by atoms with Gasteiger partial charge in [0.15, 0.2) is 0 Å². The van der Waals surface area contributed by atoms with E-state index >= 15 is 0 Å². The van der Waals surface area contributed by atoms with Crippen LogP contribution in [0.15, 0.2) is 35.7 Å². The van der Waals surface area contributed by atoms with Crippen LogP contribution in [0.2, 0.25) is 0 Å². The van der Waals surface area contributed by atoms with Crippen LogP contribution >= 0.6 is 11.3 Å². The van der Waals surface area contributed by atoms with Crippen molar-refractivity contribution >= 4 is 22.9 Å². The maximum Gasteiger partial charge on any atom is 0.267 e. The Labute approximate surface area is 122 Å². The Bertz CT molecular complexity index is 647. The van der Waals surface area contributed by atoms with Crippen LogP contribution in [0.3, 0.4) is 0 Å². The second-order valence-corrected chi connectivity index (χ2v) is 5.18. The van der Waals surface area contributed by atoms with E-state index in [9.17, 15) is 4.79 Å². The van der Waals surface area contributed by atoms with Crippen LogP contribution in [0.25, 0.3) is 0 Å². The van der Waals surface area contributed by atoms with Gasteiger partial charge in [0.05, 0.1) is 6.61 Å². The van der Waals surface area contributed by atoms with Gasteiger partial charge in [-0.3, -0.25) is 4.79 Å². The first-order valence-electron chi connectivity index (χ1n) is 6.26. The lowest BCUT2D eigenvalue weighted by molar-refractivity contribution is 0.103. The molecule has 2 aromatic rings. The molecular formula is C16H15NO2S. The molecule has 0 spiro atoms. The summed E-state index contributed by atoms with van der Waals surface area (Å²) in [6.07, 6.45) is 0.412. The molecule has 0 bridgehead atoms. The minimum absolute atomic E-state index is 0.0298. The zero-order valence-corrected chi connectivity index (χ0v) is 12.0. The molecule has 3 nitrogen and oxygen atoms in total. The first kappa shape index (κ1) is 14.3. The average molecular weight is 285 g/mol. The Kier molecular flexibility index (Phi) is 4.94. The third-order valence-corrected chi connectivity index (χ3v) is 3.55. The van der Waals surface area contributed by atoms with Crippen LogP contribution in [-0.2, 0) is 0 Å². The summed E-state index contributed by atoms with van der Waals surface area (Å²) < 4.78 is 0. The van der Waals surface area contributed by atoms with E-state index in [4.69, 9.17) is 5.11 Å². The molecule has 102 valence electrons. The number of benzene rings is 1. The van der Waals surface area contributed by atoms with Crippen LogP contribution in [0.1, 0.15) is 27.2 Å². The first-order valence-corrected chi connectivity index (χ1v) is 7.14. The van der Waals surface area contributed by atoms with Crippen molar-refractivity contribution < 1.29 is 9.90 Å². The number of hydrogen-bond donors (Lipinski definition) is 2. The average Bonchev–Trinajstić information content (AvgIpc) is 2.90. The number of aliphatic hydroxyl groups excluding tert-OH is 1. The molecule has 1 aromatic carbocycles. The van der Waals surface area contributed by atoms with Crippen molar-refractivity contribution in [3.63, 3.8) is 0 Å². The monoisotopic (exact) mass is 285 g/mol. The van der Waals surface area contributed by atoms with Gasteiger partial charge >= 0.3 is 0 Å². The minimum atomic E-state index is -0.155. The predicted octanol–water partition coefficient (Wildman–Crippen LogP) is 3.04. The van der Waals surface area contributed by atoms with Gasteiger partial charge in [-0.05, 0) is 30.5 Å². The van der Waals surface area contributed by atoms with Crippen molar-refractivity contribution in [1.29, 1.82) is 0 Å². The second-order valence-electron chi connectivity index (χ2n) is 4.26. The third-order valence-electron chi connectivity index (χ3n) is 2.64. The third kappa shape index (κ3) is 3.70. The fraction of sp³-hybridized carbons (Fsp3) is 0.188. The van der Waals surface area contributed by atoms with Crippen molar-refractivity contribution in [2.45, 2.75) is 13.3 Å². The number of carbonyl (C=O) groups is 1. The summed E-state index contributed by atoms with van der Waals surface area (Å²) in [4.78, 5) is 12.8. The van der Waals surface area contributed by atoms with E-state index in [0.29, 0.717) is 16.9 Å². The molecule has 4 heteroatoms. The van der Waals surface area contributed by atoms with Gasteiger partial charge in [0.2, 0.25) is 0 Å². The molecular weight excluding hydrogens is 270 g/mol. The molecule has 0 saturated carbocycles. The van der Waals surface area contributed by atoms with Gasteiger partial charge in [-0.25, -0.2) is 0 Å². The van der Waals surface area contributed by atoms with Gasteiger partial charge in [-0.15, -0.1) is 11.3 Å². The van der Waals surface area contributed by atoms with Crippen molar-refractivity contribution in [3.05, 3.63) is 51.7 Å².